The summed E-state index contributed by atoms with van der Waals surface area (Å²) in [6.45, 7) is 1.11. The van der Waals surface area contributed by atoms with Crippen LogP contribution in [0.3, 0.4) is 0 Å². The Hall–Kier alpha value is -2.67. The lowest BCUT2D eigenvalue weighted by Gasteiger charge is -2.19. The number of hydrogen-bond acceptors (Lipinski definition) is 4. The first-order valence-corrected chi connectivity index (χ1v) is 7.28. The van der Waals surface area contributed by atoms with Crippen molar-refractivity contribution < 1.29 is 28.3 Å². The van der Waals surface area contributed by atoms with Crippen LogP contribution in [-0.2, 0) is 11.4 Å². The Morgan fingerprint density at radius 3 is 2.71 bits per heavy atom. The van der Waals surface area contributed by atoms with Crippen LogP contribution in [0.1, 0.15) is 24.1 Å². The van der Waals surface area contributed by atoms with Gasteiger partial charge in [0, 0.05) is 18.6 Å². The van der Waals surface area contributed by atoms with Crippen LogP contribution >= 0.6 is 0 Å². The van der Waals surface area contributed by atoms with E-state index in [1.807, 2.05) is 0 Å². The van der Waals surface area contributed by atoms with E-state index in [0.29, 0.717) is 22.1 Å². The molecule has 2 aromatic carbocycles. The van der Waals surface area contributed by atoms with Gasteiger partial charge in [0.1, 0.15) is 42.4 Å². The molecule has 126 valence electrons. The number of nitrogens with zero attached hydrogens (tertiary/aromatic N) is 1. The zero-order valence-electron chi connectivity index (χ0n) is 12.8. The quantitative estimate of drug-likeness (QED) is 0.688. The highest BCUT2D eigenvalue weighted by Crippen LogP contribution is 2.38. The van der Waals surface area contributed by atoms with Gasteiger partial charge in [0.15, 0.2) is 0 Å². The van der Waals surface area contributed by atoms with Crippen molar-refractivity contribution in [3.63, 3.8) is 0 Å². The minimum absolute atomic E-state index is 0.122. The highest BCUT2D eigenvalue weighted by atomic mass is 19.1. The van der Waals surface area contributed by atoms with Gasteiger partial charge in [-0.2, -0.15) is 0 Å². The second-order valence-electron chi connectivity index (χ2n) is 5.38. The monoisotopic (exact) mass is 335 g/mol. The van der Waals surface area contributed by atoms with Crippen molar-refractivity contribution in [3.05, 3.63) is 59.2 Å². The minimum Gasteiger partial charge on any atom is -0.490 e. The van der Waals surface area contributed by atoms with Crippen LogP contribution in [0, 0.1) is 11.6 Å². The molecule has 0 aliphatic carbocycles. The molecule has 0 aromatic heterocycles. The third-order valence-corrected chi connectivity index (χ3v) is 3.80. The largest absolute Gasteiger partial charge is 0.490 e. The van der Waals surface area contributed by atoms with Gasteiger partial charge >= 0.3 is 0 Å². The van der Waals surface area contributed by atoms with Gasteiger partial charge in [0.05, 0.1) is 5.56 Å². The normalized spacial score (nSPS) is 15.6. The van der Waals surface area contributed by atoms with E-state index in [0.717, 1.165) is 12.1 Å². The van der Waals surface area contributed by atoms with Crippen molar-refractivity contribution in [2.75, 3.05) is 6.61 Å². The van der Waals surface area contributed by atoms with Crippen LogP contribution in [0.15, 0.2) is 36.4 Å². The summed E-state index contributed by atoms with van der Waals surface area (Å²) in [6.07, 6.45) is 0. The SMILES string of the molecule is CC(=O)N(O)[C@@H]1COc2cc(OCc3c(F)cccc3F)ccc21. The smallest absolute Gasteiger partial charge is 0.243 e. The Bertz CT molecular complexity index is 761. The van der Waals surface area contributed by atoms with Gasteiger partial charge in [-0.05, 0) is 24.3 Å². The molecule has 0 unspecified atom stereocenters. The molecule has 1 heterocycles. The Morgan fingerprint density at radius 2 is 2.04 bits per heavy atom. The predicted molar refractivity (Wildman–Crippen MR) is 79.7 cm³/mol. The number of hydroxylamine groups is 2. The number of fused-ring (bicyclic) bond motifs is 1. The number of benzene rings is 2. The number of hydrogen-bond donors (Lipinski definition) is 1. The zero-order valence-corrected chi connectivity index (χ0v) is 12.8. The molecule has 1 aliphatic heterocycles. The zero-order chi connectivity index (χ0) is 17.3. The number of amides is 1. The van der Waals surface area contributed by atoms with E-state index >= 15 is 0 Å². The summed E-state index contributed by atoms with van der Waals surface area (Å²) in [5.74, 6) is -1.03. The average molecular weight is 335 g/mol. The molecule has 0 radical (unpaired) electrons. The number of rotatable bonds is 4. The highest BCUT2D eigenvalue weighted by molar-refractivity contribution is 5.72. The minimum atomic E-state index is -0.676. The first-order valence-electron chi connectivity index (χ1n) is 7.28. The summed E-state index contributed by atoms with van der Waals surface area (Å²) >= 11 is 0. The Labute approximate surface area is 137 Å². The molecule has 2 aromatic rings. The second kappa shape index (κ2) is 6.45. The lowest BCUT2D eigenvalue weighted by molar-refractivity contribution is -0.174. The fraction of sp³-hybridized carbons (Fsp3) is 0.235. The van der Waals surface area contributed by atoms with Crippen molar-refractivity contribution in [1.82, 2.24) is 5.06 Å². The fourth-order valence-corrected chi connectivity index (χ4v) is 2.51. The van der Waals surface area contributed by atoms with Gasteiger partial charge in [-0.15, -0.1) is 0 Å². The lowest BCUT2D eigenvalue weighted by Crippen LogP contribution is -2.30. The summed E-state index contributed by atoms with van der Waals surface area (Å²) in [6, 6.07) is 7.82. The van der Waals surface area contributed by atoms with E-state index in [2.05, 4.69) is 0 Å². The van der Waals surface area contributed by atoms with Crippen molar-refractivity contribution in [2.45, 2.75) is 19.6 Å². The van der Waals surface area contributed by atoms with Crippen LogP contribution in [0.5, 0.6) is 11.5 Å². The van der Waals surface area contributed by atoms with Crippen LogP contribution in [0.2, 0.25) is 0 Å². The highest BCUT2D eigenvalue weighted by Gasteiger charge is 2.31. The molecule has 1 aliphatic rings. The number of halogens is 2. The number of carbonyl (C=O) groups is 1. The molecule has 7 heteroatoms. The molecule has 1 amide bonds. The topological polar surface area (TPSA) is 59.0 Å². The molecule has 0 fully saturated rings. The van der Waals surface area contributed by atoms with Gasteiger partial charge < -0.3 is 9.47 Å². The summed E-state index contributed by atoms with van der Waals surface area (Å²) < 4.78 is 38.0. The van der Waals surface area contributed by atoms with Crippen molar-refractivity contribution in [2.24, 2.45) is 0 Å². The Balaban J connectivity index is 1.75. The molecule has 5 nitrogen and oxygen atoms in total. The van der Waals surface area contributed by atoms with Crippen molar-refractivity contribution >= 4 is 5.91 Å². The van der Waals surface area contributed by atoms with Gasteiger partial charge in [0.2, 0.25) is 5.91 Å². The maximum atomic E-state index is 13.6. The summed E-state index contributed by atoms with van der Waals surface area (Å²) in [5.41, 5.74) is 0.479. The molecule has 3 rings (SSSR count). The van der Waals surface area contributed by atoms with Crippen molar-refractivity contribution in [3.8, 4) is 11.5 Å². The molecule has 24 heavy (non-hydrogen) atoms. The molecule has 1 atom stereocenters. The Kier molecular flexibility index (Phi) is 4.35. The molecule has 0 saturated heterocycles. The summed E-state index contributed by atoms with van der Waals surface area (Å²) in [5, 5.41) is 10.4. The van der Waals surface area contributed by atoms with Crippen LogP contribution < -0.4 is 9.47 Å². The van der Waals surface area contributed by atoms with E-state index < -0.39 is 23.6 Å². The summed E-state index contributed by atoms with van der Waals surface area (Å²) in [4.78, 5) is 11.3. The van der Waals surface area contributed by atoms with E-state index in [-0.39, 0.29) is 18.8 Å². The van der Waals surface area contributed by atoms with E-state index in [9.17, 15) is 18.8 Å². The van der Waals surface area contributed by atoms with Gasteiger partial charge in [-0.3, -0.25) is 10.0 Å². The molecule has 0 saturated carbocycles. The third kappa shape index (κ3) is 3.03. The second-order valence-corrected chi connectivity index (χ2v) is 5.38. The maximum absolute atomic E-state index is 13.6. The van der Waals surface area contributed by atoms with Gasteiger partial charge in [0.25, 0.3) is 0 Å². The first-order chi connectivity index (χ1) is 11.5. The van der Waals surface area contributed by atoms with Crippen LogP contribution in [0.25, 0.3) is 0 Å². The average Bonchev–Trinajstić information content (AvgIpc) is 2.96. The molecular weight excluding hydrogens is 320 g/mol. The summed E-state index contributed by atoms with van der Waals surface area (Å²) in [7, 11) is 0. The predicted octanol–water partition coefficient (Wildman–Crippen LogP) is 3.22. The van der Waals surface area contributed by atoms with E-state index in [1.54, 1.807) is 18.2 Å². The maximum Gasteiger partial charge on any atom is 0.243 e. The standard InChI is InChI=1S/C17H15F2NO4/c1-10(21)20(22)16-9-24-17-7-11(5-6-12(16)17)23-8-13-14(18)3-2-4-15(13)19/h2-7,16,22H,8-9H2,1H3/t16-/m1/s1. The van der Waals surface area contributed by atoms with E-state index in [1.165, 1.54) is 13.0 Å². The fourth-order valence-electron chi connectivity index (χ4n) is 2.51. The first kappa shape index (κ1) is 16.2. The van der Waals surface area contributed by atoms with Crippen molar-refractivity contribution in [1.29, 1.82) is 0 Å². The van der Waals surface area contributed by atoms with Crippen LogP contribution in [-0.4, -0.2) is 22.8 Å². The molecule has 0 spiro atoms. The number of carbonyl (C=O) groups excluding carboxylic acids is 1. The number of ether oxygens (including phenoxy) is 2. The third-order valence-electron chi connectivity index (χ3n) is 3.80. The van der Waals surface area contributed by atoms with E-state index in [4.69, 9.17) is 9.47 Å². The Morgan fingerprint density at radius 1 is 1.33 bits per heavy atom. The lowest BCUT2D eigenvalue weighted by atomic mass is 10.1. The van der Waals surface area contributed by atoms with Gasteiger partial charge in [-0.1, -0.05) is 6.07 Å². The van der Waals surface area contributed by atoms with Crippen LogP contribution in [0.4, 0.5) is 8.78 Å². The molecule has 0 bridgehead atoms. The van der Waals surface area contributed by atoms with Gasteiger partial charge in [-0.25, -0.2) is 13.8 Å². The molecule has 1 N–H and O–H groups in total. The molecular formula is C17H15F2NO4.